The van der Waals surface area contributed by atoms with Crippen molar-refractivity contribution in [2.75, 3.05) is 0 Å². The van der Waals surface area contributed by atoms with Crippen LogP contribution in [-0.4, -0.2) is 5.26 Å². The Hall–Kier alpha value is -2.41. The molecule has 0 heterocycles. The molecule has 98 valence electrons. The van der Waals surface area contributed by atoms with Gasteiger partial charge in [-0.2, -0.15) is 0 Å². The normalized spacial score (nSPS) is 14.4. The van der Waals surface area contributed by atoms with Crippen LogP contribution in [-0.2, 0) is 11.5 Å². The molecule has 3 rings (SSSR count). The minimum atomic E-state index is 0.141. The van der Waals surface area contributed by atoms with E-state index in [1.165, 1.54) is 0 Å². The predicted octanol–water partition coefficient (Wildman–Crippen LogP) is 4.36. The number of hydrogen-bond donors (Lipinski definition) is 1. The van der Waals surface area contributed by atoms with Crippen molar-refractivity contribution in [1.82, 2.24) is 0 Å². The highest BCUT2D eigenvalue weighted by Gasteiger charge is 2.26. The third-order valence-electron chi connectivity index (χ3n) is 3.64. The molecule has 0 aromatic heterocycles. The smallest absolute Gasteiger partial charge is 0.170 e. The zero-order valence-electron chi connectivity index (χ0n) is 11.1. The first-order valence-corrected chi connectivity index (χ1v) is 6.34. The van der Waals surface area contributed by atoms with E-state index >= 15 is 0 Å². The van der Waals surface area contributed by atoms with Gasteiger partial charge < -0.3 is 0 Å². The highest BCUT2D eigenvalue weighted by Crippen LogP contribution is 2.47. The van der Waals surface area contributed by atoms with Crippen molar-refractivity contribution in [2.24, 2.45) is 0 Å². The quantitative estimate of drug-likeness (QED) is 0.423. The van der Waals surface area contributed by atoms with E-state index in [0.29, 0.717) is 5.70 Å². The molecule has 0 fully saturated rings. The van der Waals surface area contributed by atoms with Gasteiger partial charge in [-0.05, 0) is 40.3 Å². The Morgan fingerprint density at radius 1 is 1.10 bits per heavy atom. The van der Waals surface area contributed by atoms with E-state index in [1.807, 2.05) is 49.4 Å². The molecule has 1 aliphatic rings. The van der Waals surface area contributed by atoms with Crippen LogP contribution < -0.4 is 0 Å². The lowest BCUT2D eigenvalue weighted by molar-refractivity contribution is -0.252. The maximum absolute atomic E-state index is 8.76. The van der Waals surface area contributed by atoms with Crippen LogP contribution in [0.5, 0.6) is 0 Å². The fraction of sp³-hybridized carbons (Fsp3) is 0.118. The standard InChI is InChI=1S/C17H13NO2/c1-11(18-2)16-13-7-3-4-8-14(13)17-12(10-20-19)6-5-9-15(16)17/h3-9,19H,10H2,1H3/b16-11-. The van der Waals surface area contributed by atoms with Crippen molar-refractivity contribution in [3.05, 3.63) is 76.3 Å². The lowest BCUT2D eigenvalue weighted by Gasteiger charge is -2.08. The van der Waals surface area contributed by atoms with E-state index in [4.69, 9.17) is 11.8 Å². The number of hydrogen-bond acceptors (Lipinski definition) is 2. The van der Waals surface area contributed by atoms with Crippen LogP contribution in [0.15, 0.2) is 48.2 Å². The first-order valence-electron chi connectivity index (χ1n) is 6.34. The molecule has 0 radical (unpaired) electrons. The van der Waals surface area contributed by atoms with Crippen LogP contribution in [0, 0.1) is 6.57 Å². The summed E-state index contributed by atoms with van der Waals surface area (Å²) in [7, 11) is 0. The second kappa shape index (κ2) is 4.93. The Balaban J connectivity index is 2.38. The zero-order chi connectivity index (χ0) is 14.1. The van der Waals surface area contributed by atoms with Gasteiger partial charge in [0.1, 0.15) is 6.61 Å². The number of fused-ring (bicyclic) bond motifs is 3. The minimum absolute atomic E-state index is 0.141. The first-order chi connectivity index (χ1) is 9.77. The highest BCUT2D eigenvalue weighted by molar-refractivity contribution is 6.03. The topological polar surface area (TPSA) is 33.8 Å². The third kappa shape index (κ3) is 1.75. The Morgan fingerprint density at radius 2 is 1.80 bits per heavy atom. The summed E-state index contributed by atoms with van der Waals surface area (Å²) >= 11 is 0. The lowest BCUT2D eigenvalue weighted by Crippen LogP contribution is -1.92. The zero-order valence-corrected chi connectivity index (χ0v) is 11.1. The van der Waals surface area contributed by atoms with Gasteiger partial charge in [0.2, 0.25) is 0 Å². The van der Waals surface area contributed by atoms with Crippen molar-refractivity contribution < 1.29 is 10.1 Å². The van der Waals surface area contributed by atoms with E-state index in [0.717, 1.165) is 33.4 Å². The van der Waals surface area contributed by atoms with Crippen molar-refractivity contribution in [3.8, 4) is 11.1 Å². The van der Waals surface area contributed by atoms with Crippen LogP contribution in [0.1, 0.15) is 23.6 Å². The summed E-state index contributed by atoms with van der Waals surface area (Å²) in [5, 5.41) is 8.76. The van der Waals surface area contributed by atoms with Crippen LogP contribution in [0.4, 0.5) is 0 Å². The summed E-state index contributed by atoms with van der Waals surface area (Å²) in [5.41, 5.74) is 6.83. The summed E-state index contributed by atoms with van der Waals surface area (Å²) in [6.07, 6.45) is 0. The molecule has 0 unspecified atom stereocenters. The third-order valence-corrected chi connectivity index (χ3v) is 3.64. The van der Waals surface area contributed by atoms with Gasteiger partial charge >= 0.3 is 0 Å². The summed E-state index contributed by atoms with van der Waals surface area (Å²) in [4.78, 5) is 7.91. The molecule has 20 heavy (non-hydrogen) atoms. The first kappa shape index (κ1) is 12.6. The van der Waals surface area contributed by atoms with Gasteiger partial charge in [-0.25, -0.2) is 9.73 Å². The van der Waals surface area contributed by atoms with Crippen molar-refractivity contribution in [2.45, 2.75) is 13.5 Å². The number of nitrogens with zero attached hydrogens (tertiary/aromatic N) is 1. The van der Waals surface area contributed by atoms with Gasteiger partial charge in [0.05, 0.1) is 6.57 Å². The van der Waals surface area contributed by atoms with E-state index in [1.54, 1.807) is 0 Å². The van der Waals surface area contributed by atoms with E-state index in [9.17, 15) is 0 Å². The van der Waals surface area contributed by atoms with Crippen molar-refractivity contribution >= 4 is 5.57 Å². The fourth-order valence-corrected chi connectivity index (χ4v) is 2.83. The molecule has 1 N–H and O–H groups in total. The number of allylic oxidation sites excluding steroid dienone is 1. The second-order valence-corrected chi connectivity index (χ2v) is 4.73. The van der Waals surface area contributed by atoms with Crippen LogP contribution in [0.2, 0.25) is 0 Å². The van der Waals surface area contributed by atoms with Gasteiger partial charge in [0, 0.05) is 0 Å². The molecule has 0 bridgehead atoms. The molecule has 0 aliphatic heterocycles. The second-order valence-electron chi connectivity index (χ2n) is 4.73. The molecule has 2 aromatic carbocycles. The summed E-state index contributed by atoms with van der Waals surface area (Å²) in [5.74, 6) is 0. The summed E-state index contributed by atoms with van der Waals surface area (Å²) in [6.45, 7) is 9.27. The van der Waals surface area contributed by atoms with E-state index < -0.39 is 0 Å². The summed E-state index contributed by atoms with van der Waals surface area (Å²) < 4.78 is 0. The predicted molar refractivity (Wildman–Crippen MR) is 77.6 cm³/mol. The molecule has 0 atom stereocenters. The maximum atomic E-state index is 8.76. The molecule has 1 aliphatic carbocycles. The van der Waals surface area contributed by atoms with Gasteiger partial charge in [-0.3, -0.25) is 5.26 Å². The minimum Gasteiger partial charge on any atom is -0.251 e. The Morgan fingerprint density at radius 3 is 2.50 bits per heavy atom. The van der Waals surface area contributed by atoms with E-state index in [-0.39, 0.29) is 6.61 Å². The van der Waals surface area contributed by atoms with Crippen LogP contribution >= 0.6 is 0 Å². The van der Waals surface area contributed by atoms with Gasteiger partial charge in [0.15, 0.2) is 5.70 Å². The van der Waals surface area contributed by atoms with Crippen molar-refractivity contribution in [1.29, 1.82) is 0 Å². The maximum Gasteiger partial charge on any atom is 0.170 e. The van der Waals surface area contributed by atoms with Crippen LogP contribution in [0.25, 0.3) is 21.5 Å². The number of rotatable bonds is 2. The Bertz CT molecular complexity index is 754. The van der Waals surface area contributed by atoms with Crippen LogP contribution in [0.3, 0.4) is 0 Å². The summed E-state index contributed by atoms with van der Waals surface area (Å²) in [6, 6.07) is 13.9. The monoisotopic (exact) mass is 263 g/mol. The molecule has 0 saturated heterocycles. The molecular formula is C17H13NO2. The molecule has 0 spiro atoms. The molecule has 2 aromatic rings. The molecule has 0 amide bonds. The average molecular weight is 263 g/mol. The van der Waals surface area contributed by atoms with Crippen molar-refractivity contribution in [3.63, 3.8) is 0 Å². The molecule has 3 nitrogen and oxygen atoms in total. The highest BCUT2D eigenvalue weighted by atomic mass is 17.1. The molecule has 3 heteroatoms. The lowest BCUT2D eigenvalue weighted by atomic mass is 9.99. The van der Waals surface area contributed by atoms with Gasteiger partial charge in [-0.1, -0.05) is 42.5 Å². The Kier molecular flexibility index (Phi) is 3.11. The molecule has 0 saturated carbocycles. The SMILES string of the molecule is [C-]#[N+]/C(C)=C1/c2ccccc2-c2c(COO)cccc21. The van der Waals surface area contributed by atoms with Gasteiger partial charge in [0.25, 0.3) is 0 Å². The fourth-order valence-electron chi connectivity index (χ4n) is 2.83. The Labute approximate surface area is 117 Å². The van der Waals surface area contributed by atoms with Gasteiger partial charge in [-0.15, -0.1) is 0 Å². The van der Waals surface area contributed by atoms with E-state index in [2.05, 4.69) is 9.73 Å². The number of benzene rings is 2. The molecular weight excluding hydrogens is 250 g/mol. The average Bonchev–Trinajstić information content (AvgIpc) is 2.82. The largest absolute Gasteiger partial charge is 0.251 e.